The first kappa shape index (κ1) is 26.1. The predicted molar refractivity (Wildman–Crippen MR) is 151 cm³/mol. The third-order valence-corrected chi connectivity index (χ3v) is 6.58. The molecule has 1 heterocycles. The van der Waals surface area contributed by atoms with Gasteiger partial charge in [-0.1, -0.05) is 78.3 Å². The van der Waals surface area contributed by atoms with Crippen molar-refractivity contribution in [3.05, 3.63) is 125 Å². The van der Waals surface area contributed by atoms with Gasteiger partial charge >= 0.3 is 5.97 Å². The first-order valence-electron chi connectivity index (χ1n) is 12.4. The lowest BCUT2D eigenvalue weighted by molar-refractivity contribution is -0.142. The fraction of sp³-hybridized carbons (Fsp3) is 0.125. The Bertz CT molecular complexity index is 1580. The summed E-state index contributed by atoms with van der Waals surface area (Å²) in [6.45, 7) is 0.458. The average molecular weight is 540 g/mol. The molecule has 0 spiro atoms. The Labute approximate surface area is 231 Å². The number of furan rings is 1. The van der Waals surface area contributed by atoms with Gasteiger partial charge in [-0.2, -0.15) is 0 Å². The zero-order valence-corrected chi connectivity index (χ0v) is 22.0. The molecular formula is C32H26ClNO5. The number of hydrogen-bond donors (Lipinski definition) is 1. The van der Waals surface area contributed by atoms with Gasteiger partial charge < -0.3 is 19.2 Å². The van der Waals surface area contributed by atoms with Gasteiger partial charge in [0.05, 0.1) is 7.11 Å². The molecule has 1 aromatic heterocycles. The third kappa shape index (κ3) is 6.48. The summed E-state index contributed by atoms with van der Waals surface area (Å²) in [5.74, 6) is -0.232. The zero-order valence-electron chi connectivity index (χ0n) is 21.2. The van der Waals surface area contributed by atoms with E-state index in [4.69, 9.17) is 25.5 Å². The molecule has 1 unspecified atom stereocenters. The molecule has 0 aliphatic heterocycles. The first-order chi connectivity index (χ1) is 19.0. The second-order valence-electron chi connectivity index (χ2n) is 9.04. The van der Waals surface area contributed by atoms with Gasteiger partial charge in [-0.15, -0.1) is 0 Å². The molecule has 0 aliphatic carbocycles. The van der Waals surface area contributed by atoms with Gasteiger partial charge in [-0.25, -0.2) is 4.79 Å². The van der Waals surface area contributed by atoms with E-state index in [9.17, 15) is 9.59 Å². The van der Waals surface area contributed by atoms with Gasteiger partial charge in [0.15, 0.2) is 5.76 Å². The molecule has 196 valence electrons. The zero-order chi connectivity index (χ0) is 27.2. The number of nitrogens with one attached hydrogen (secondary N) is 1. The summed E-state index contributed by atoms with van der Waals surface area (Å²) < 4.78 is 16.6. The van der Waals surface area contributed by atoms with E-state index >= 15 is 0 Å². The van der Waals surface area contributed by atoms with E-state index in [2.05, 4.69) is 5.32 Å². The Hall–Kier alpha value is -4.55. The van der Waals surface area contributed by atoms with Crippen LogP contribution in [0.3, 0.4) is 0 Å². The van der Waals surface area contributed by atoms with Crippen molar-refractivity contribution in [1.29, 1.82) is 0 Å². The van der Waals surface area contributed by atoms with E-state index in [0.29, 0.717) is 23.0 Å². The lowest BCUT2D eigenvalue weighted by atomic mass is 10.0. The number of esters is 1. The van der Waals surface area contributed by atoms with E-state index < -0.39 is 17.9 Å². The van der Waals surface area contributed by atoms with Gasteiger partial charge in [0.25, 0.3) is 5.91 Å². The largest absolute Gasteiger partial charge is 0.489 e. The van der Waals surface area contributed by atoms with Gasteiger partial charge in [0.1, 0.15) is 24.0 Å². The van der Waals surface area contributed by atoms with E-state index in [1.807, 2.05) is 97.1 Å². The number of carbonyl (C=O) groups excluding carboxylic acids is 2. The minimum Gasteiger partial charge on any atom is -0.489 e. The quantitative estimate of drug-likeness (QED) is 0.207. The number of ether oxygens (including phenoxy) is 2. The van der Waals surface area contributed by atoms with Crippen LogP contribution in [0.5, 0.6) is 5.75 Å². The normalized spacial score (nSPS) is 11.6. The summed E-state index contributed by atoms with van der Waals surface area (Å²) in [7, 11) is 1.29. The predicted octanol–water partition coefficient (Wildman–Crippen LogP) is 6.85. The Morgan fingerprint density at radius 2 is 1.56 bits per heavy atom. The topological polar surface area (TPSA) is 77.8 Å². The van der Waals surface area contributed by atoms with Gasteiger partial charge in [0.2, 0.25) is 0 Å². The minimum atomic E-state index is -0.892. The molecule has 1 amide bonds. The van der Waals surface area contributed by atoms with Crippen LogP contribution in [0.4, 0.5) is 0 Å². The number of benzene rings is 4. The molecule has 0 saturated carbocycles. The maximum atomic E-state index is 13.1. The van der Waals surface area contributed by atoms with Crippen molar-refractivity contribution in [2.75, 3.05) is 7.11 Å². The van der Waals surface area contributed by atoms with E-state index in [-0.39, 0.29) is 12.2 Å². The van der Waals surface area contributed by atoms with Crippen LogP contribution in [0.25, 0.3) is 22.1 Å². The minimum absolute atomic E-state index is 0.108. The van der Waals surface area contributed by atoms with Crippen molar-refractivity contribution in [2.45, 2.75) is 19.1 Å². The van der Waals surface area contributed by atoms with Gasteiger partial charge in [0, 0.05) is 16.8 Å². The maximum Gasteiger partial charge on any atom is 0.328 e. The summed E-state index contributed by atoms with van der Waals surface area (Å²) in [6, 6.07) is 31.2. The fourth-order valence-electron chi connectivity index (χ4n) is 4.23. The monoisotopic (exact) mass is 539 g/mol. The Balaban J connectivity index is 1.26. The lowest BCUT2D eigenvalue weighted by Gasteiger charge is -2.16. The Kier molecular flexibility index (Phi) is 7.94. The second-order valence-corrected chi connectivity index (χ2v) is 9.48. The number of fused-ring (bicyclic) bond motifs is 1. The van der Waals surface area contributed by atoms with Crippen molar-refractivity contribution in [1.82, 2.24) is 5.32 Å². The van der Waals surface area contributed by atoms with Crippen LogP contribution in [0.2, 0.25) is 5.02 Å². The Morgan fingerprint density at radius 3 is 2.28 bits per heavy atom. The first-order valence-corrected chi connectivity index (χ1v) is 12.8. The summed E-state index contributed by atoms with van der Waals surface area (Å²) >= 11 is 6.00. The Morgan fingerprint density at radius 1 is 0.846 bits per heavy atom. The van der Waals surface area contributed by atoms with Crippen LogP contribution in [-0.4, -0.2) is 25.0 Å². The smallest absolute Gasteiger partial charge is 0.328 e. The molecule has 7 heteroatoms. The van der Waals surface area contributed by atoms with Crippen molar-refractivity contribution < 1.29 is 23.5 Å². The highest BCUT2D eigenvalue weighted by Gasteiger charge is 2.24. The van der Waals surface area contributed by atoms with Gasteiger partial charge in [-0.3, -0.25) is 4.79 Å². The summed E-state index contributed by atoms with van der Waals surface area (Å²) in [5, 5.41) is 4.19. The molecule has 5 aromatic rings. The lowest BCUT2D eigenvalue weighted by Crippen LogP contribution is -2.42. The van der Waals surface area contributed by atoms with Crippen LogP contribution in [0.15, 0.2) is 108 Å². The summed E-state index contributed by atoms with van der Waals surface area (Å²) in [5.41, 5.74) is 4.39. The summed E-state index contributed by atoms with van der Waals surface area (Å²) in [4.78, 5) is 25.6. The number of rotatable bonds is 9. The van der Waals surface area contributed by atoms with E-state index in [1.165, 1.54) is 7.11 Å². The van der Waals surface area contributed by atoms with Crippen LogP contribution in [0.1, 0.15) is 21.7 Å². The average Bonchev–Trinajstić information content (AvgIpc) is 3.41. The second kappa shape index (κ2) is 11.9. The number of carbonyl (C=O) groups is 2. The van der Waals surface area contributed by atoms with E-state index in [0.717, 1.165) is 27.6 Å². The number of halogens is 1. The number of methoxy groups -OCH3 is 1. The number of amides is 1. The fourth-order valence-corrected chi connectivity index (χ4v) is 4.35. The summed E-state index contributed by atoms with van der Waals surface area (Å²) in [6.07, 6.45) is 0.248. The standard InChI is InChI=1S/C32H26ClNO5/c1-37-32(36)28(17-21-7-15-27(16-8-21)38-20-22-5-3-2-4-6-22)34-31(35)30-19-25-10-9-24(18-29(25)39-30)23-11-13-26(33)14-12-23/h2-16,18-19,28H,17,20H2,1H3,(H,34,35). The molecule has 1 atom stereocenters. The number of hydrogen-bond acceptors (Lipinski definition) is 5. The molecule has 0 radical (unpaired) electrons. The van der Waals surface area contributed by atoms with Crippen LogP contribution < -0.4 is 10.1 Å². The SMILES string of the molecule is COC(=O)C(Cc1ccc(OCc2ccccc2)cc1)NC(=O)c1cc2ccc(-c3ccc(Cl)cc3)cc2o1. The maximum absolute atomic E-state index is 13.1. The molecule has 0 aliphatic rings. The van der Waals surface area contributed by atoms with Crippen molar-refractivity contribution >= 4 is 34.4 Å². The van der Waals surface area contributed by atoms with Crippen molar-refractivity contribution in [3.63, 3.8) is 0 Å². The molecule has 0 saturated heterocycles. The molecule has 0 bridgehead atoms. The van der Waals surface area contributed by atoms with Crippen molar-refractivity contribution in [2.24, 2.45) is 0 Å². The highest BCUT2D eigenvalue weighted by molar-refractivity contribution is 6.30. The highest BCUT2D eigenvalue weighted by Crippen LogP contribution is 2.28. The van der Waals surface area contributed by atoms with Gasteiger partial charge in [-0.05, 0) is 58.7 Å². The molecule has 1 N–H and O–H groups in total. The van der Waals surface area contributed by atoms with Crippen LogP contribution >= 0.6 is 11.6 Å². The molecule has 0 fully saturated rings. The third-order valence-electron chi connectivity index (χ3n) is 6.32. The van der Waals surface area contributed by atoms with Crippen molar-refractivity contribution in [3.8, 4) is 16.9 Å². The van der Waals surface area contributed by atoms with Crippen LogP contribution in [0, 0.1) is 0 Å². The molecule has 4 aromatic carbocycles. The highest BCUT2D eigenvalue weighted by atomic mass is 35.5. The van der Waals surface area contributed by atoms with E-state index in [1.54, 1.807) is 6.07 Å². The molecular weight excluding hydrogens is 514 g/mol. The van der Waals surface area contributed by atoms with Crippen LogP contribution in [-0.2, 0) is 22.6 Å². The molecule has 39 heavy (non-hydrogen) atoms. The molecule has 5 rings (SSSR count). The molecule has 6 nitrogen and oxygen atoms in total.